The van der Waals surface area contributed by atoms with E-state index in [-0.39, 0.29) is 4.75 Å². The minimum atomic E-state index is -1.23. The Morgan fingerprint density at radius 3 is 2.53 bits per heavy atom. The normalized spacial score (nSPS) is 14.4. The van der Waals surface area contributed by atoms with Gasteiger partial charge >= 0.3 is 0 Å². The zero-order chi connectivity index (χ0) is 14.6. The second-order valence-corrected chi connectivity index (χ2v) is 7.64. The molecule has 0 spiro atoms. The summed E-state index contributed by atoms with van der Waals surface area (Å²) in [5, 5.41) is 0.635. The maximum atomic E-state index is 11.9. The number of hydrogen-bond donors (Lipinski definition) is 0. The van der Waals surface area contributed by atoms with Crippen LogP contribution in [0.3, 0.4) is 0 Å². The third kappa shape index (κ3) is 5.05. The van der Waals surface area contributed by atoms with Crippen molar-refractivity contribution in [3.63, 3.8) is 0 Å². The summed E-state index contributed by atoms with van der Waals surface area (Å²) >= 11 is 4.93. The van der Waals surface area contributed by atoms with Crippen LogP contribution in [0, 0.1) is 0 Å². The molecule has 0 heterocycles. The van der Waals surface area contributed by atoms with E-state index in [0.717, 1.165) is 17.0 Å². The summed E-state index contributed by atoms with van der Waals surface area (Å²) in [4.78, 5) is 0. The van der Waals surface area contributed by atoms with E-state index in [2.05, 4.69) is 4.40 Å². The van der Waals surface area contributed by atoms with Crippen LogP contribution in [0.4, 0.5) is 0 Å². The second-order valence-electron chi connectivity index (χ2n) is 5.32. The molecule has 1 atom stereocenters. The van der Waals surface area contributed by atoms with Gasteiger partial charge in [0.25, 0.3) is 0 Å². The maximum Gasteiger partial charge on any atom is 0.144 e. The third-order valence-corrected chi connectivity index (χ3v) is 4.35. The third-order valence-electron chi connectivity index (χ3n) is 2.47. The summed E-state index contributed by atoms with van der Waals surface area (Å²) in [5.74, 6) is 0.724. The number of benzene rings is 1. The van der Waals surface area contributed by atoms with E-state index in [1.807, 2.05) is 39.8 Å². The lowest BCUT2D eigenvalue weighted by Gasteiger charge is -2.18. The van der Waals surface area contributed by atoms with E-state index in [1.165, 1.54) is 0 Å². The molecule has 1 aromatic carbocycles. The summed E-state index contributed by atoms with van der Waals surface area (Å²) in [6.45, 7) is 7.57. The summed E-state index contributed by atoms with van der Waals surface area (Å²) in [5.41, 5.74) is 1.76. The van der Waals surface area contributed by atoms with Crippen molar-refractivity contribution in [3.05, 3.63) is 28.8 Å². The smallest absolute Gasteiger partial charge is 0.144 e. The summed E-state index contributed by atoms with van der Waals surface area (Å²) in [7, 11) is 1.60. The van der Waals surface area contributed by atoms with Crippen LogP contribution in [0.15, 0.2) is 22.6 Å². The van der Waals surface area contributed by atoms with E-state index in [1.54, 1.807) is 13.2 Å². The fourth-order valence-electron chi connectivity index (χ4n) is 1.38. The first-order valence-corrected chi connectivity index (χ1v) is 7.51. The number of halogens is 1. The molecule has 5 heteroatoms. The first-order valence-electron chi connectivity index (χ1n) is 6.02. The highest BCUT2D eigenvalue weighted by Gasteiger charge is 2.26. The molecule has 1 unspecified atom stereocenters. The number of rotatable bonds is 4. The largest absolute Gasteiger partial charge is 0.591 e. The maximum absolute atomic E-state index is 11.9. The summed E-state index contributed by atoms with van der Waals surface area (Å²) in [6.07, 6.45) is 0.588. The van der Waals surface area contributed by atoms with E-state index >= 15 is 0 Å². The molecule has 1 rings (SSSR count). The van der Waals surface area contributed by atoms with Crippen molar-refractivity contribution in [1.29, 1.82) is 0 Å². The predicted octanol–water partition coefficient (Wildman–Crippen LogP) is 3.81. The van der Waals surface area contributed by atoms with Gasteiger partial charge in [0.2, 0.25) is 0 Å². The number of nitrogens with zero attached hydrogens (tertiary/aromatic N) is 1. The molecular formula is C14H20ClNO2S. The Bertz CT molecular complexity index is 469. The molecule has 0 aliphatic carbocycles. The molecule has 0 amide bonds. The highest BCUT2D eigenvalue weighted by atomic mass is 35.5. The average molecular weight is 302 g/mol. The van der Waals surface area contributed by atoms with Crippen molar-refractivity contribution >= 4 is 28.7 Å². The summed E-state index contributed by atoms with van der Waals surface area (Å²) in [6, 6.07) is 5.53. The van der Waals surface area contributed by atoms with Gasteiger partial charge in [0.15, 0.2) is 0 Å². The Kier molecular flexibility index (Phi) is 5.71. The average Bonchev–Trinajstić information content (AvgIpc) is 2.30. The van der Waals surface area contributed by atoms with Crippen LogP contribution in [0.25, 0.3) is 0 Å². The standard InChI is InChI=1S/C14H20ClNO2S/c1-10(16-19(17)14(2,3)4)8-11-6-7-12(18-5)9-13(11)15/h6-7,9H,8H2,1-5H3. The van der Waals surface area contributed by atoms with Crippen molar-refractivity contribution in [2.24, 2.45) is 4.40 Å². The lowest BCUT2D eigenvalue weighted by molar-refractivity contribution is 0.414. The van der Waals surface area contributed by atoms with E-state index in [9.17, 15) is 4.55 Å². The van der Waals surface area contributed by atoms with E-state index in [4.69, 9.17) is 16.3 Å². The Morgan fingerprint density at radius 2 is 2.05 bits per heavy atom. The highest BCUT2D eigenvalue weighted by Crippen LogP contribution is 2.24. The van der Waals surface area contributed by atoms with Gasteiger partial charge in [-0.25, -0.2) is 0 Å². The van der Waals surface area contributed by atoms with Crippen molar-refractivity contribution in [2.45, 2.75) is 38.9 Å². The zero-order valence-corrected chi connectivity index (χ0v) is 13.6. The summed E-state index contributed by atoms with van der Waals surface area (Å²) < 4.78 is 20.9. The van der Waals surface area contributed by atoms with Gasteiger partial charge in [-0.2, -0.15) is 0 Å². The van der Waals surface area contributed by atoms with Crippen molar-refractivity contribution < 1.29 is 9.29 Å². The van der Waals surface area contributed by atoms with E-state index < -0.39 is 11.4 Å². The molecule has 0 radical (unpaired) electrons. The van der Waals surface area contributed by atoms with Gasteiger partial charge in [-0.05, 0) is 45.4 Å². The Labute approximate surface area is 123 Å². The van der Waals surface area contributed by atoms with Crippen LogP contribution >= 0.6 is 11.6 Å². The van der Waals surface area contributed by atoms with Gasteiger partial charge in [-0.1, -0.05) is 22.1 Å². The fraction of sp³-hybridized carbons (Fsp3) is 0.500. The molecular weight excluding hydrogens is 282 g/mol. The fourth-order valence-corrected chi connectivity index (χ4v) is 2.24. The van der Waals surface area contributed by atoms with Gasteiger partial charge in [0, 0.05) is 11.4 Å². The Morgan fingerprint density at radius 1 is 1.42 bits per heavy atom. The molecule has 106 valence electrons. The minimum Gasteiger partial charge on any atom is -0.591 e. The predicted molar refractivity (Wildman–Crippen MR) is 82.7 cm³/mol. The van der Waals surface area contributed by atoms with Gasteiger partial charge in [0.05, 0.1) is 12.8 Å². The zero-order valence-electron chi connectivity index (χ0n) is 12.0. The van der Waals surface area contributed by atoms with Gasteiger partial charge in [-0.3, -0.25) is 0 Å². The second kappa shape index (κ2) is 6.64. The molecule has 1 aromatic rings. The lowest BCUT2D eigenvalue weighted by atomic mass is 10.1. The first-order chi connectivity index (χ1) is 8.74. The molecule has 0 aromatic heterocycles. The topological polar surface area (TPSA) is 44.6 Å². The van der Waals surface area contributed by atoms with Crippen molar-refractivity contribution in [1.82, 2.24) is 0 Å². The van der Waals surface area contributed by atoms with Crippen LogP contribution in [0.1, 0.15) is 33.3 Å². The van der Waals surface area contributed by atoms with Gasteiger partial charge in [-0.15, -0.1) is 0 Å². The lowest BCUT2D eigenvalue weighted by Crippen LogP contribution is -2.26. The minimum absolute atomic E-state index is 0.342. The van der Waals surface area contributed by atoms with Crippen LogP contribution in [0.2, 0.25) is 5.02 Å². The molecule has 19 heavy (non-hydrogen) atoms. The molecule has 3 nitrogen and oxygen atoms in total. The molecule has 0 saturated carbocycles. The number of ether oxygens (including phenoxy) is 1. The van der Waals surface area contributed by atoms with Gasteiger partial charge in [0.1, 0.15) is 21.9 Å². The number of hydrogen-bond acceptors (Lipinski definition) is 3. The SMILES string of the molecule is COc1ccc(CC(C)=N[S+]([O-])C(C)(C)C)c(Cl)c1. The monoisotopic (exact) mass is 301 g/mol. The van der Waals surface area contributed by atoms with Crippen LogP contribution in [-0.4, -0.2) is 22.1 Å². The molecule has 0 saturated heterocycles. The highest BCUT2D eigenvalue weighted by molar-refractivity contribution is 7.91. The molecule has 0 aliphatic rings. The molecule has 0 N–H and O–H groups in total. The van der Waals surface area contributed by atoms with Crippen molar-refractivity contribution in [2.75, 3.05) is 7.11 Å². The first kappa shape index (κ1) is 16.3. The van der Waals surface area contributed by atoms with Gasteiger partial charge < -0.3 is 9.29 Å². The quantitative estimate of drug-likeness (QED) is 0.627. The Hall–Kier alpha value is -0.710. The number of methoxy groups -OCH3 is 1. The van der Waals surface area contributed by atoms with Crippen molar-refractivity contribution in [3.8, 4) is 5.75 Å². The Balaban J connectivity index is 2.82. The van der Waals surface area contributed by atoms with E-state index in [0.29, 0.717) is 11.4 Å². The molecule has 0 aliphatic heterocycles. The molecule has 0 fully saturated rings. The van der Waals surface area contributed by atoms with Crippen LogP contribution in [-0.2, 0) is 17.8 Å². The van der Waals surface area contributed by atoms with Crippen LogP contribution < -0.4 is 4.74 Å². The molecule has 0 bridgehead atoms. The van der Waals surface area contributed by atoms with Crippen LogP contribution in [0.5, 0.6) is 5.75 Å².